The Bertz CT molecular complexity index is 314. The zero-order valence-electron chi connectivity index (χ0n) is 7.23. The standard InChI is InChI=1S/C9H11NO2S/c1-13-7-5-3-2-4-6(7)8(10)9(11)12/h2-5,8H,10H2,1H3,(H,11,12). The summed E-state index contributed by atoms with van der Waals surface area (Å²) in [5.74, 6) is -0.999. The molecule has 1 atom stereocenters. The average Bonchev–Trinajstić information content (AvgIpc) is 2.16. The molecule has 3 nitrogen and oxygen atoms in total. The lowest BCUT2D eigenvalue weighted by Gasteiger charge is -2.10. The molecule has 0 fully saturated rings. The van der Waals surface area contributed by atoms with Crippen molar-refractivity contribution in [2.45, 2.75) is 10.9 Å². The Morgan fingerprint density at radius 2 is 2.15 bits per heavy atom. The van der Waals surface area contributed by atoms with Crippen LogP contribution in [-0.2, 0) is 4.79 Å². The van der Waals surface area contributed by atoms with Crippen molar-refractivity contribution in [3.05, 3.63) is 29.8 Å². The van der Waals surface area contributed by atoms with Gasteiger partial charge in [-0.1, -0.05) is 18.2 Å². The molecule has 0 aromatic heterocycles. The van der Waals surface area contributed by atoms with Gasteiger partial charge in [0.05, 0.1) is 0 Å². The van der Waals surface area contributed by atoms with Crippen LogP contribution < -0.4 is 5.73 Å². The van der Waals surface area contributed by atoms with Crippen LogP contribution in [0.15, 0.2) is 29.2 Å². The van der Waals surface area contributed by atoms with Gasteiger partial charge in [-0.3, -0.25) is 4.79 Å². The van der Waals surface area contributed by atoms with E-state index >= 15 is 0 Å². The summed E-state index contributed by atoms with van der Waals surface area (Å²) in [4.78, 5) is 11.5. The van der Waals surface area contributed by atoms with Gasteiger partial charge in [0.25, 0.3) is 0 Å². The van der Waals surface area contributed by atoms with E-state index in [1.54, 1.807) is 12.1 Å². The normalized spacial score (nSPS) is 12.5. The molecule has 0 saturated carbocycles. The minimum Gasteiger partial charge on any atom is -0.480 e. The number of benzene rings is 1. The van der Waals surface area contributed by atoms with Crippen molar-refractivity contribution >= 4 is 17.7 Å². The summed E-state index contributed by atoms with van der Waals surface area (Å²) < 4.78 is 0. The number of carboxylic acids is 1. The van der Waals surface area contributed by atoms with Crippen molar-refractivity contribution in [1.29, 1.82) is 0 Å². The molecule has 1 unspecified atom stereocenters. The van der Waals surface area contributed by atoms with Crippen molar-refractivity contribution in [3.8, 4) is 0 Å². The van der Waals surface area contributed by atoms with Crippen LogP contribution in [0.3, 0.4) is 0 Å². The molecular weight excluding hydrogens is 186 g/mol. The Balaban J connectivity index is 3.05. The molecule has 0 bridgehead atoms. The SMILES string of the molecule is CSc1ccccc1C(N)C(=O)O. The van der Waals surface area contributed by atoms with E-state index in [4.69, 9.17) is 10.8 Å². The number of aliphatic carboxylic acids is 1. The van der Waals surface area contributed by atoms with Gasteiger partial charge in [0.15, 0.2) is 0 Å². The number of rotatable bonds is 3. The van der Waals surface area contributed by atoms with Crippen LogP contribution in [0.25, 0.3) is 0 Å². The van der Waals surface area contributed by atoms with Crippen LogP contribution in [0.1, 0.15) is 11.6 Å². The van der Waals surface area contributed by atoms with Gasteiger partial charge in [-0.15, -0.1) is 11.8 Å². The predicted octanol–water partition coefficient (Wildman–Crippen LogP) is 1.49. The van der Waals surface area contributed by atoms with Crippen LogP contribution in [0.2, 0.25) is 0 Å². The zero-order chi connectivity index (χ0) is 9.84. The first kappa shape index (κ1) is 10.1. The first-order chi connectivity index (χ1) is 6.16. The zero-order valence-corrected chi connectivity index (χ0v) is 8.04. The molecular formula is C9H11NO2S. The molecule has 3 N–H and O–H groups in total. The van der Waals surface area contributed by atoms with Crippen LogP contribution >= 0.6 is 11.8 Å². The number of hydrogen-bond donors (Lipinski definition) is 2. The number of thioether (sulfide) groups is 1. The molecule has 4 heteroatoms. The molecule has 0 radical (unpaired) electrons. The monoisotopic (exact) mass is 197 g/mol. The summed E-state index contributed by atoms with van der Waals surface area (Å²) in [5, 5.41) is 8.72. The Hall–Kier alpha value is -1.00. The highest BCUT2D eigenvalue weighted by Gasteiger charge is 2.16. The number of carboxylic acid groups (broad SMARTS) is 1. The van der Waals surface area contributed by atoms with Gasteiger partial charge in [-0.05, 0) is 17.9 Å². The lowest BCUT2D eigenvalue weighted by molar-refractivity contribution is -0.138. The topological polar surface area (TPSA) is 63.3 Å². The minimum absolute atomic E-state index is 0.669. The fourth-order valence-corrected chi connectivity index (χ4v) is 1.70. The molecule has 1 aromatic rings. The third-order valence-electron chi connectivity index (χ3n) is 1.74. The minimum atomic E-state index is -0.999. The molecule has 13 heavy (non-hydrogen) atoms. The fourth-order valence-electron chi connectivity index (χ4n) is 1.06. The van der Waals surface area contributed by atoms with Crippen molar-refractivity contribution in [1.82, 2.24) is 0 Å². The van der Waals surface area contributed by atoms with E-state index in [1.165, 1.54) is 11.8 Å². The second-order valence-corrected chi connectivity index (χ2v) is 3.41. The van der Waals surface area contributed by atoms with Crippen LogP contribution in [0, 0.1) is 0 Å². The highest BCUT2D eigenvalue weighted by atomic mass is 32.2. The predicted molar refractivity (Wildman–Crippen MR) is 52.8 cm³/mol. The average molecular weight is 197 g/mol. The van der Waals surface area contributed by atoms with Gasteiger partial charge in [-0.2, -0.15) is 0 Å². The molecule has 70 valence electrons. The molecule has 0 spiro atoms. The maximum atomic E-state index is 10.6. The van der Waals surface area contributed by atoms with E-state index in [0.717, 1.165) is 4.90 Å². The summed E-state index contributed by atoms with van der Waals surface area (Å²) in [7, 11) is 0. The molecule has 0 aliphatic rings. The van der Waals surface area contributed by atoms with Crippen molar-refractivity contribution in [2.75, 3.05) is 6.26 Å². The maximum absolute atomic E-state index is 10.6. The van der Waals surface area contributed by atoms with E-state index < -0.39 is 12.0 Å². The van der Waals surface area contributed by atoms with Gasteiger partial charge in [-0.25, -0.2) is 0 Å². The van der Waals surface area contributed by atoms with Gasteiger partial charge in [0.1, 0.15) is 6.04 Å². The van der Waals surface area contributed by atoms with Gasteiger partial charge >= 0.3 is 5.97 Å². The third kappa shape index (κ3) is 2.23. The summed E-state index contributed by atoms with van der Waals surface area (Å²) >= 11 is 1.50. The summed E-state index contributed by atoms with van der Waals surface area (Å²) in [6, 6.07) is 6.33. The van der Waals surface area contributed by atoms with E-state index in [9.17, 15) is 4.79 Å². The molecule has 0 saturated heterocycles. The molecule has 0 aliphatic heterocycles. The Morgan fingerprint density at radius 3 is 2.69 bits per heavy atom. The summed E-state index contributed by atoms with van der Waals surface area (Å²) in [6.07, 6.45) is 1.90. The Labute approximate surface area is 80.9 Å². The van der Waals surface area contributed by atoms with Crippen LogP contribution in [0.4, 0.5) is 0 Å². The molecule has 0 amide bonds. The number of nitrogens with two attached hydrogens (primary N) is 1. The van der Waals surface area contributed by atoms with E-state index in [-0.39, 0.29) is 0 Å². The summed E-state index contributed by atoms with van der Waals surface area (Å²) in [5.41, 5.74) is 6.17. The number of hydrogen-bond acceptors (Lipinski definition) is 3. The smallest absolute Gasteiger partial charge is 0.325 e. The molecule has 0 aliphatic carbocycles. The maximum Gasteiger partial charge on any atom is 0.325 e. The third-order valence-corrected chi connectivity index (χ3v) is 2.55. The van der Waals surface area contributed by atoms with E-state index in [1.807, 2.05) is 18.4 Å². The van der Waals surface area contributed by atoms with Crippen molar-refractivity contribution in [2.24, 2.45) is 5.73 Å². The lowest BCUT2D eigenvalue weighted by atomic mass is 10.1. The van der Waals surface area contributed by atoms with E-state index in [2.05, 4.69) is 0 Å². The van der Waals surface area contributed by atoms with Crippen LogP contribution in [0.5, 0.6) is 0 Å². The number of carbonyl (C=O) groups is 1. The second-order valence-electron chi connectivity index (χ2n) is 2.56. The first-order valence-electron chi connectivity index (χ1n) is 3.78. The molecule has 1 aromatic carbocycles. The Morgan fingerprint density at radius 1 is 1.54 bits per heavy atom. The lowest BCUT2D eigenvalue weighted by Crippen LogP contribution is -2.21. The molecule has 1 rings (SSSR count). The highest BCUT2D eigenvalue weighted by molar-refractivity contribution is 7.98. The Kier molecular flexibility index (Phi) is 3.33. The highest BCUT2D eigenvalue weighted by Crippen LogP contribution is 2.24. The second kappa shape index (κ2) is 4.30. The first-order valence-corrected chi connectivity index (χ1v) is 5.00. The molecule has 0 heterocycles. The van der Waals surface area contributed by atoms with Gasteiger partial charge in [0.2, 0.25) is 0 Å². The summed E-state index contributed by atoms with van der Waals surface area (Å²) in [6.45, 7) is 0. The largest absolute Gasteiger partial charge is 0.480 e. The van der Waals surface area contributed by atoms with Crippen molar-refractivity contribution in [3.63, 3.8) is 0 Å². The van der Waals surface area contributed by atoms with Gasteiger partial charge in [0, 0.05) is 4.90 Å². The van der Waals surface area contributed by atoms with Crippen molar-refractivity contribution < 1.29 is 9.90 Å². The van der Waals surface area contributed by atoms with Gasteiger partial charge < -0.3 is 10.8 Å². The van der Waals surface area contributed by atoms with E-state index in [0.29, 0.717) is 5.56 Å². The van der Waals surface area contributed by atoms with Crippen LogP contribution in [-0.4, -0.2) is 17.3 Å². The fraction of sp³-hybridized carbons (Fsp3) is 0.222. The quantitative estimate of drug-likeness (QED) is 0.721.